The van der Waals surface area contributed by atoms with E-state index < -0.39 is 5.97 Å². The Labute approximate surface area is 105 Å². The van der Waals surface area contributed by atoms with Gasteiger partial charge in [-0.15, -0.1) is 0 Å². The lowest BCUT2D eigenvalue weighted by Crippen LogP contribution is -2.42. The summed E-state index contributed by atoms with van der Waals surface area (Å²) < 4.78 is 0. The second-order valence-corrected chi connectivity index (χ2v) is 5.31. The van der Waals surface area contributed by atoms with Crippen molar-refractivity contribution in [1.29, 1.82) is 0 Å². The number of carboxylic acids is 1. The van der Waals surface area contributed by atoms with E-state index in [1.807, 2.05) is 14.1 Å². The van der Waals surface area contributed by atoms with Crippen molar-refractivity contribution in [1.82, 2.24) is 9.80 Å². The summed E-state index contributed by atoms with van der Waals surface area (Å²) in [6.45, 7) is 1.99. The highest BCUT2D eigenvalue weighted by atomic mass is 16.4. The molecule has 0 aromatic heterocycles. The maximum atomic E-state index is 10.9. The van der Waals surface area contributed by atoms with Crippen LogP contribution in [0, 0.1) is 0 Å². The predicted octanol–water partition coefficient (Wildman–Crippen LogP) is 1.66. The molecule has 0 aromatic carbocycles. The summed E-state index contributed by atoms with van der Waals surface area (Å²) in [4.78, 5) is 15.2. The van der Waals surface area contributed by atoms with Gasteiger partial charge < -0.3 is 10.0 Å². The molecule has 0 aliphatic heterocycles. The van der Waals surface area contributed by atoms with Crippen LogP contribution in [0.2, 0.25) is 0 Å². The summed E-state index contributed by atoms with van der Waals surface area (Å²) in [5.74, 6) is -0.701. The van der Waals surface area contributed by atoms with Crippen molar-refractivity contribution in [3.05, 3.63) is 0 Å². The third kappa shape index (κ3) is 6.03. The zero-order valence-electron chi connectivity index (χ0n) is 11.2. The number of carbonyl (C=O) groups is 1. The minimum absolute atomic E-state index is 0.193. The standard InChI is InChI=1S/C13H26N2O2/c1-14(2)9-10-15(11-13(16)17)12-7-5-3-4-6-8-12/h12H,3-11H2,1-2H3,(H,16,17). The van der Waals surface area contributed by atoms with Crippen molar-refractivity contribution < 1.29 is 9.90 Å². The van der Waals surface area contributed by atoms with Crippen LogP contribution in [0.5, 0.6) is 0 Å². The van der Waals surface area contributed by atoms with Crippen LogP contribution in [0.3, 0.4) is 0 Å². The topological polar surface area (TPSA) is 43.8 Å². The van der Waals surface area contributed by atoms with E-state index in [-0.39, 0.29) is 6.54 Å². The fraction of sp³-hybridized carbons (Fsp3) is 0.923. The highest BCUT2D eigenvalue weighted by molar-refractivity contribution is 5.69. The SMILES string of the molecule is CN(C)CCN(CC(=O)O)C1CCCCCC1. The summed E-state index contributed by atoms with van der Waals surface area (Å²) in [5, 5.41) is 8.99. The first kappa shape index (κ1) is 14.5. The van der Waals surface area contributed by atoms with E-state index in [2.05, 4.69) is 9.80 Å². The number of carboxylic acid groups (broad SMARTS) is 1. The second-order valence-electron chi connectivity index (χ2n) is 5.31. The third-order valence-electron chi connectivity index (χ3n) is 3.51. The molecule has 0 amide bonds. The van der Waals surface area contributed by atoms with Gasteiger partial charge in [-0.3, -0.25) is 9.69 Å². The maximum absolute atomic E-state index is 10.9. The number of likely N-dealkylation sites (N-methyl/N-ethyl adjacent to an activating group) is 1. The van der Waals surface area contributed by atoms with Crippen molar-refractivity contribution in [3.63, 3.8) is 0 Å². The van der Waals surface area contributed by atoms with Crippen molar-refractivity contribution >= 4 is 5.97 Å². The summed E-state index contributed by atoms with van der Waals surface area (Å²) in [7, 11) is 4.07. The van der Waals surface area contributed by atoms with Crippen LogP contribution in [0.15, 0.2) is 0 Å². The Hall–Kier alpha value is -0.610. The molecule has 0 spiro atoms. The molecule has 1 aliphatic rings. The van der Waals surface area contributed by atoms with E-state index in [4.69, 9.17) is 5.11 Å². The van der Waals surface area contributed by atoms with Crippen LogP contribution in [-0.2, 0) is 4.79 Å². The van der Waals surface area contributed by atoms with Gasteiger partial charge in [0.15, 0.2) is 0 Å². The molecule has 1 fully saturated rings. The van der Waals surface area contributed by atoms with Gasteiger partial charge in [0.05, 0.1) is 6.54 Å². The molecule has 0 unspecified atom stereocenters. The predicted molar refractivity (Wildman–Crippen MR) is 69.3 cm³/mol. The van der Waals surface area contributed by atoms with Crippen LogP contribution < -0.4 is 0 Å². The largest absolute Gasteiger partial charge is 0.480 e. The van der Waals surface area contributed by atoms with E-state index in [1.54, 1.807) is 0 Å². The number of hydrogen-bond donors (Lipinski definition) is 1. The van der Waals surface area contributed by atoms with Crippen LogP contribution >= 0.6 is 0 Å². The lowest BCUT2D eigenvalue weighted by Gasteiger charge is -2.30. The molecule has 4 nitrogen and oxygen atoms in total. The fourth-order valence-electron chi connectivity index (χ4n) is 2.52. The minimum Gasteiger partial charge on any atom is -0.480 e. The Bertz CT molecular complexity index is 223. The molecule has 1 aliphatic carbocycles. The van der Waals surface area contributed by atoms with Crippen LogP contribution in [0.25, 0.3) is 0 Å². The van der Waals surface area contributed by atoms with E-state index in [1.165, 1.54) is 38.5 Å². The van der Waals surface area contributed by atoms with Gasteiger partial charge in [0.1, 0.15) is 0 Å². The average molecular weight is 242 g/mol. The molecular formula is C13H26N2O2. The first-order chi connectivity index (χ1) is 8.09. The van der Waals surface area contributed by atoms with Gasteiger partial charge in [0, 0.05) is 19.1 Å². The Kier molecular flexibility index (Phi) is 6.52. The van der Waals surface area contributed by atoms with Crippen molar-refractivity contribution in [3.8, 4) is 0 Å². The molecular weight excluding hydrogens is 216 g/mol. The molecule has 0 heterocycles. The average Bonchev–Trinajstić information content (AvgIpc) is 2.51. The van der Waals surface area contributed by atoms with Gasteiger partial charge >= 0.3 is 5.97 Å². The fourth-order valence-corrected chi connectivity index (χ4v) is 2.52. The molecule has 0 bridgehead atoms. The zero-order chi connectivity index (χ0) is 12.7. The van der Waals surface area contributed by atoms with Crippen LogP contribution in [0.4, 0.5) is 0 Å². The Balaban J connectivity index is 2.49. The molecule has 1 N–H and O–H groups in total. The van der Waals surface area contributed by atoms with E-state index in [9.17, 15) is 4.79 Å². The molecule has 1 saturated carbocycles. The van der Waals surface area contributed by atoms with Gasteiger partial charge in [-0.25, -0.2) is 0 Å². The lowest BCUT2D eigenvalue weighted by atomic mass is 10.1. The molecule has 0 aromatic rings. The molecule has 1 rings (SSSR count). The molecule has 4 heteroatoms. The van der Waals surface area contributed by atoms with Gasteiger partial charge in [0.2, 0.25) is 0 Å². The lowest BCUT2D eigenvalue weighted by molar-refractivity contribution is -0.139. The zero-order valence-corrected chi connectivity index (χ0v) is 11.2. The summed E-state index contributed by atoms with van der Waals surface area (Å²) in [5.41, 5.74) is 0. The quantitative estimate of drug-likeness (QED) is 0.719. The molecule has 17 heavy (non-hydrogen) atoms. The monoisotopic (exact) mass is 242 g/mol. The maximum Gasteiger partial charge on any atom is 0.317 e. The smallest absolute Gasteiger partial charge is 0.317 e. The third-order valence-corrected chi connectivity index (χ3v) is 3.51. The van der Waals surface area contributed by atoms with Gasteiger partial charge in [-0.1, -0.05) is 25.7 Å². The van der Waals surface area contributed by atoms with E-state index >= 15 is 0 Å². The van der Waals surface area contributed by atoms with Gasteiger partial charge in [-0.2, -0.15) is 0 Å². The van der Waals surface area contributed by atoms with Crippen LogP contribution in [-0.4, -0.2) is 60.6 Å². The first-order valence-corrected chi connectivity index (χ1v) is 6.70. The first-order valence-electron chi connectivity index (χ1n) is 6.70. The van der Waals surface area contributed by atoms with Crippen molar-refractivity contribution in [2.45, 2.75) is 44.6 Å². The Morgan fingerprint density at radius 3 is 2.18 bits per heavy atom. The summed E-state index contributed by atoms with van der Waals surface area (Å²) >= 11 is 0. The van der Waals surface area contributed by atoms with Crippen LogP contribution in [0.1, 0.15) is 38.5 Å². The molecule has 0 radical (unpaired) electrons. The molecule has 100 valence electrons. The number of rotatable bonds is 6. The van der Waals surface area contributed by atoms with Gasteiger partial charge in [0.25, 0.3) is 0 Å². The Morgan fingerprint density at radius 2 is 1.71 bits per heavy atom. The van der Waals surface area contributed by atoms with Crippen molar-refractivity contribution in [2.75, 3.05) is 33.7 Å². The normalized spacial score (nSPS) is 18.6. The van der Waals surface area contributed by atoms with E-state index in [0.29, 0.717) is 6.04 Å². The number of nitrogens with zero attached hydrogens (tertiary/aromatic N) is 2. The van der Waals surface area contributed by atoms with Gasteiger partial charge in [-0.05, 0) is 26.9 Å². The summed E-state index contributed by atoms with van der Waals surface area (Å²) in [6, 6.07) is 0.480. The molecule has 0 atom stereocenters. The number of aliphatic carboxylic acids is 1. The minimum atomic E-state index is -0.701. The number of hydrogen-bond acceptors (Lipinski definition) is 3. The highest BCUT2D eigenvalue weighted by Crippen LogP contribution is 2.21. The van der Waals surface area contributed by atoms with E-state index in [0.717, 1.165) is 13.1 Å². The van der Waals surface area contributed by atoms with Crippen molar-refractivity contribution in [2.24, 2.45) is 0 Å². The summed E-state index contributed by atoms with van der Waals surface area (Å²) in [6.07, 6.45) is 7.46. The second kappa shape index (κ2) is 7.67. The molecule has 0 saturated heterocycles. The Morgan fingerprint density at radius 1 is 1.12 bits per heavy atom. The highest BCUT2D eigenvalue weighted by Gasteiger charge is 2.21.